The largest absolute Gasteiger partial charge is 0.338 e. The molecular weight excluding hydrogens is 270 g/mol. The third-order valence-corrected chi connectivity index (χ3v) is 3.98. The van der Waals surface area contributed by atoms with Crippen LogP contribution < -0.4 is 5.73 Å². The van der Waals surface area contributed by atoms with Gasteiger partial charge in [-0.2, -0.15) is 0 Å². The smallest absolute Gasteiger partial charge is 0.233 e. The summed E-state index contributed by atoms with van der Waals surface area (Å²) in [6.45, 7) is 1.43. The first-order valence-corrected chi connectivity index (χ1v) is 6.82. The Morgan fingerprint density at radius 3 is 2.89 bits per heavy atom. The van der Waals surface area contributed by atoms with Gasteiger partial charge in [-0.15, -0.1) is 24.2 Å². The number of nitrogens with two attached hydrogens (primary N) is 1. The van der Waals surface area contributed by atoms with Crippen molar-refractivity contribution in [2.75, 3.05) is 18.8 Å². The van der Waals surface area contributed by atoms with Crippen LogP contribution in [0.2, 0.25) is 0 Å². The van der Waals surface area contributed by atoms with Gasteiger partial charge in [0.1, 0.15) is 0 Å². The first-order valence-electron chi connectivity index (χ1n) is 5.83. The fourth-order valence-corrected chi connectivity index (χ4v) is 2.84. The van der Waals surface area contributed by atoms with Crippen molar-refractivity contribution in [3.8, 4) is 0 Å². The summed E-state index contributed by atoms with van der Waals surface area (Å²) in [5, 5.41) is 0. The highest BCUT2D eigenvalue weighted by molar-refractivity contribution is 8.00. The Hall–Kier alpha value is -0.780. The second-order valence-electron chi connectivity index (χ2n) is 4.09. The van der Waals surface area contributed by atoms with E-state index in [1.165, 1.54) is 0 Å². The van der Waals surface area contributed by atoms with Gasteiger partial charge in [-0.25, -0.2) is 0 Å². The normalized spacial score (nSPS) is 18.5. The number of rotatable bonds is 4. The summed E-state index contributed by atoms with van der Waals surface area (Å²) in [6, 6.07) is 4.09. The predicted molar refractivity (Wildman–Crippen MR) is 76.0 cm³/mol. The highest BCUT2D eigenvalue weighted by Gasteiger charge is 2.27. The zero-order chi connectivity index (χ0) is 12.1. The molecule has 0 saturated carbocycles. The SMILES string of the molecule is Cl.NCC1CCCN1C(=O)CSc1ccncc1. The fraction of sp³-hybridized carbons (Fsp3) is 0.500. The van der Waals surface area contributed by atoms with Crippen molar-refractivity contribution in [3.05, 3.63) is 24.5 Å². The zero-order valence-corrected chi connectivity index (χ0v) is 11.8. The third-order valence-electron chi connectivity index (χ3n) is 2.98. The lowest BCUT2D eigenvalue weighted by Crippen LogP contribution is -2.40. The van der Waals surface area contributed by atoms with E-state index in [-0.39, 0.29) is 24.4 Å². The van der Waals surface area contributed by atoms with Crippen LogP contribution in [0.15, 0.2) is 29.4 Å². The molecule has 1 saturated heterocycles. The van der Waals surface area contributed by atoms with Crippen molar-refractivity contribution < 1.29 is 4.79 Å². The molecule has 1 aliphatic rings. The van der Waals surface area contributed by atoms with Crippen LogP contribution >= 0.6 is 24.2 Å². The molecule has 2 heterocycles. The Balaban J connectivity index is 0.00000162. The van der Waals surface area contributed by atoms with E-state index in [0.29, 0.717) is 12.3 Å². The van der Waals surface area contributed by atoms with Crippen molar-refractivity contribution in [1.29, 1.82) is 0 Å². The van der Waals surface area contributed by atoms with E-state index in [1.54, 1.807) is 24.2 Å². The molecule has 1 aromatic rings. The van der Waals surface area contributed by atoms with Crippen molar-refractivity contribution >= 4 is 30.1 Å². The maximum atomic E-state index is 12.0. The van der Waals surface area contributed by atoms with Crippen LogP contribution in [-0.4, -0.2) is 40.7 Å². The van der Waals surface area contributed by atoms with Crippen molar-refractivity contribution in [3.63, 3.8) is 0 Å². The lowest BCUT2D eigenvalue weighted by atomic mass is 10.2. The second kappa shape index (κ2) is 7.61. The standard InChI is InChI=1S/C12H17N3OS.ClH/c13-8-10-2-1-7-15(10)12(16)9-17-11-3-5-14-6-4-11;/h3-6,10H,1-2,7-9,13H2;1H. The summed E-state index contributed by atoms with van der Waals surface area (Å²) in [6.07, 6.45) is 5.60. The Morgan fingerprint density at radius 2 is 2.22 bits per heavy atom. The van der Waals surface area contributed by atoms with Crippen LogP contribution in [-0.2, 0) is 4.79 Å². The first-order chi connectivity index (χ1) is 8.31. The van der Waals surface area contributed by atoms with E-state index in [2.05, 4.69) is 4.98 Å². The van der Waals surface area contributed by atoms with Gasteiger partial charge in [0.05, 0.1) is 5.75 Å². The monoisotopic (exact) mass is 287 g/mol. The van der Waals surface area contributed by atoms with Crippen LogP contribution in [0.5, 0.6) is 0 Å². The van der Waals surface area contributed by atoms with Gasteiger partial charge in [0.15, 0.2) is 0 Å². The summed E-state index contributed by atoms with van der Waals surface area (Å²) in [4.78, 5) is 19.0. The molecule has 1 aliphatic heterocycles. The van der Waals surface area contributed by atoms with E-state index in [9.17, 15) is 4.79 Å². The molecule has 6 heteroatoms. The zero-order valence-electron chi connectivity index (χ0n) is 10.1. The molecule has 1 unspecified atom stereocenters. The van der Waals surface area contributed by atoms with Crippen molar-refractivity contribution in [2.24, 2.45) is 5.73 Å². The molecule has 0 aromatic carbocycles. The van der Waals surface area contributed by atoms with Gasteiger partial charge in [0.25, 0.3) is 0 Å². The number of amides is 1. The van der Waals surface area contributed by atoms with E-state index >= 15 is 0 Å². The molecule has 0 bridgehead atoms. The second-order valence-corrected chi connectivity index (χ2v) is 5.14. The fourth-order valence-electron chi connectivity index (χ4n) is 2.07. The van der Waals surface area contributed by atoms with Gasteiger partial charge in [0, 0.05) is 36.4 Å². The topological polar surface area (TPSA) is 59.2 Å². The van der Waals surface area contributed by atoms with E-state index in [0.717, 1.165) is 24.3 Å². The maximum Gasteiger partial charge on any atom is 0.233 e. The number of carbonyl (C=O) groups excluding carboxylic acids is 1. The highest BCUT2D eigenvalue weighted by Crippen LogP contribution is 2.21. The van der Waals surface area contributed by atoms with Gasteiger partial charge in [-0.1, -0.05) is 0 Å². The molecule has 1 fully saturated rings. The van der Waals surface area contributed by atoms with E-state index < -0.39 is 0 Å². The van der Waals surface area contributed by atoms with Crippen LogP contribution in [0, 0.1) is 0 Å². The number of nitrogens with zero attached hydrogens (tertiary/aromatic N) is 2. The first kappa shape index (κ1) is 15.3. The van der Waals surface area contributed by atoms with Gasteiger partial charge >= 0.3 is 0 Å². The lowest BCUT2D eigenvalue weighted by Gasteiger charge is -2.23. The number of pyridine rings is 1. The van der Waals surface area contributed by atoms with Crippen molar-refractivity contribution in [2.45, 2.75) is 23.8 Å². The molecule has 2 rings (SSSR count). The van der Waals surface area contributed by atoms with Crippen LogP contribution in [0.4, 0.5) is 0 Å². The van der Waals surface area contributed by atoms with Gasteiger partial charge in [-0.05, 0) is 25.0 Å². The van der Waals surface area contributed by atoms with E-state index in [4.69, 9.17) is 5.73 Å². The Bertz CT molecular complexity index is 377. The molecule has 4 nitrogen and oxygen atoms in total. The summed E-state index contributed by atoms with van der Waals surface area (Å²) in [5.41, 5.74) is 5.66. The van der Waals surface area contributed by atoms with Gasteiger partial charge in [0.2, 0.25) is 5.91 Å². The Kier molecular flexibility index (Phi) is 6.46. The molecule has 1 atom stereocenters. The molecule has 1 amide bonds. The number of carbonyl (C=O) groups is 1. The average molecular weight is 288 g/mol. The molecule has 100 valence electrons. The summed E-state index contributed by atoms with van der Waals surface area (Å²) >= 11 is 1.56. The Morgan fingerprint density at radius 1 is 1.50 bits per heavy atom. The molecule has 18 heavy (non-hydrogen) atoms. The molecular formula is C12H18ClN3OS. The van der Waals surface area contributed by atoms with Crippen LogP contribution in [0.25, 0.3) is 0 Å². The highest BCUT2D eigenvalue weighted by atomic mass is 35.5. The number of halogens is 1. The van der Waals surface area contributed by atoms with E-state index in [1.807, 2.05) is 17.0 Å². The maximum absolute atomic E-state index is 12.0. The number of aromatic nitrogens is 1. The number of hydrogen-bond acceptors (Lipinski definition) is 4. The summed E-state index contributed by atoms with van der Waals surface area (Å²) in [7, 11) is 0. The lowest BCUT2D eigenvalue weighted by molar-refractivity contribution is -0.128. The molecule has 0 radical (unpaired) electrons. The molecule has 0 aliphatic carbocycles. The van der Waals surface area contributed by atoms with Gasteiger partial charge < -0.3 is 10.6 Å². The minimum Gasteiger partial charge on any atom is -0.338 e. The average Bonchev–Trinajstić information content (AvgIpc) is 2.85. The summed E-state index contributed by atoms with van der Waals surface area (Å²) in [5.74, 6) is 0.681. The van der Waals surface area contributed by atoms with Crippen molar-refractivity contribution in [1.82, 2.24) is 9.88 Å². The molecule has 0 spiro atoms. The number of thioether (sulfide) groups is 1. The van der Waals surface area contributed by atoms with Crippen LogP contribution in [0.3, 0.4) is 0 Å². The summed E-state index contributed by atoms with van der Waals surface area (Å²) < 4.78 is 0. The Labute approximate surface area is 118 Å². The minimum atomic E-state index is 0. The quantitative estimate of drug-likeness (QED) is 0.854. The molecule has 1 aromatic heterocycles. The third kappa shape index (κ3) is 3.86. The number of hydrogen-bond donors (Lipinski definition) is 1. The van der Waals surface area contributed by atoms with Gasteiger partial charge in [-0.3, -0.25) is 9.78 Å². The van der Waals surface area contributed by atoms with Crippen LogP contribution in [0.1, 0.15) is 12.8 Å². The number of likely N-dealkylation sites (tertiary alicyclic amines) is 1. The minimum absolute atomic E-state index is 0. The predicted octanol–water partition coefficient (Wildman–Crippen LogP) is 1.55. The molecule has 2 N–H and O–H groups in total.